The van der Waals surface area contributed by atoms with Gasteiger partial charge >= 0.3 is 6.03 Å². The van der Waals surface area contributed by atoms with Crippen LogP contribution in [-0.2, 0) is 6.54 Å². The van der Waals surface area contributed by atoms with Crippen LogP contribution in [0.25, 0.3) is 0 Å². The van der Waals surface area contributed by atoms with Crippen molar-refractivity contribution in [3.63, 3.8) is 0 Å². The molecule has 0 bridgehead atoms. The highest BCUT2D eigenvalue weighted by molar-refractivity contribution is 5.73. The minimum Gasteiger partial charge on any atom is -0.497 e. The highest BCUT2D eigenvalue weighted by atomic mass is 19.1. The first-order valence-electron chi connectivity index (χ1n) is 7.53. The highest BCUT2D eigenvalue weighted by Gasteiger charge is 2.16. The van der Waals surface area contributed by atoms with Gasteiger partial charge in [-0.2, -0.15) is 0 Å². The maximum Gasteiger partial charge on any atom is 0.315 e. The van der Waals surface area contributed by atoms with E-state index in [1.807, 2.05) is 13.8 Å². The van der Waals surface area contributed by atoms with Crippen molar-refractivity contribution in [1.29, 1.82) is 0 Å². The Hall–Kier alpha value is -1.82. The van der Waals surface area contributed by atoms with Gasteiger partial charge in [-0.1, -0.05) is 26.7 Å². The number of carbonyl (C=O) groups is 1. The zero-order chi connectivity index (χ0) is 16.5. The number of nitrogens with one attached hydrogen (secondary N) is 2. The molecule has 1 aromatic carbocycles. The second-order valence-electron chi connectivity index (χ2n) is 5.21. The molecule has 1 rings (SSSR count). The molecule has 6 heteroatoms. The summed E-state index contributed by atoms with van der Waals surface area (Å²) in [5.74, 6) is 0.162. The minimum atomic E-state index is -0.560. The summed E-state index contributed by atoms with van der Waals surface area (Å²) in [6.45, 7) is 4.40. The number of amides is 2. The van der Waals surface area contributed by atoms with Crippen molar-refractivity contribution in [3.05, 3.63) is 29.6 Å². The normalized spacial score (nSPS) is 12.1. The van der Waals surface area contributed by atoms with Crippen LogP contribution in [0.15, 0.2) is 18.2 Å². The SMILES string of the molecule is CCC(CC)C(O)CNC(=O)NCc1cc(F)cc(OC)c1. The quantitative estimate of drug-likeness (QED) is 0.690. The first-order chi connectivity index (χ1) is 10.5. The van der Waals surface area contributed by atoms with Gasteiger partial charge in [-0.15, -0.1) is 0 Å². The van der Waals surface area contributed by atoms with Gasteiger partial charge in [0.05, 0.1) is 13.2 Å². The van der Waals surface area contributed by atoms with Crippen molar-refractivity contribution in [2.24, 2.45) is 5.92 Å². The number of rotatable bonds is 8. The van der Waals surface area contributed by atoms with Gasteiger partial charge in [-0.25, -0.2) is 9.18 Å². The number of hydrogen-bond acceptors (Lipinski definition) is 3. The Labute approximate surface area is 130 Å². The van der Waals surface area contributed by atoms with Gasteiger partial charge in [-0.05, 0) is 23.6 Å². The summed E-state index contributed by atoms with van der Waals surface area (Å²) in [4.78, 5) is 11.7. The molecule has 0 radical (unpaired) electrons. The van der Waals surface area contributed by atoms with E-state index in [0.717, 1.165) is 12.8 Å². The van der Waals surface area contributed by atoms with Gasteiger partial charge in [0.25, 0.3) is 0 Å². The summed E-state index contributed by atoms with van der Waals surface area (Å²) < 4.78 is 18.3. The topological polar surface area (TPSA) is 70.6 Å². The molecular weight excluding hydrogens is 287 g/mol. The molecule has 0 aliphatic rings. The number of carbonyl (C=O) groups excluding carboxylic acids is 1. The number of ether oxygens (including phenoxy) is 1. The van der Waals surface area contributed by atoms with Crippen LogP contribution in [0.1, 0.15) is 32.3 Å². The lowest BCUT2D eigenvalue weighted by Gasteiger charge is -2.20. The first kappa shape index (κ1) is 18.2. The number of hydrogen-bond donors (Lipinski definition) is 3. The van der Waals surface area contributed by atoms with Crippen molar-refractivity contribution in [2.45, 2.75) is 39.3 Å². The highest BCUT2D eigenvalue weighted by Crippen LogP contribution is 2.15. The third kappa shape index (κ3) is 5.89. The molecule has 0 aromatic heterocycles. The lowest BCUT2D eigenvalue weighted by molar-refractivity contribution is 0.103. The van der Waals surface area contributed by atoms with Crippen LogP contribution in [0.5, 0.6) is 5.75 Å². The molecule has 0 aliphatic heterocycles. The van der Waals surface area contributed by atoms with Crippen molar-refractivity contribution >= 4 is 6.03 Å². The van der Waals surface area contributed by atoms with Gasteiger partial charge in [0.1, 0.15) is 11.6 Å². The second-order valence-corrected chi connectivity index (χ2v) is 5.21. The second kappa shape index (κ2) is 9.25. The molecule has 124 valence electrons. The average Bonchev–Trinajstić information content (AvgIpc) is 2.51. The first-order valence-corrected chi connectivity index (χ1v) is 7.53. The third-order valence-electron chi connectivity index (χ3n) is 3.68. The average molecular weight is 312 g/mol. The summed E-state index contributed by atoms with van der Waals surface area (Å²) in [5, 5.41) is 15.2. The summed E-state index contributed by atoms with van der Waals surface area (Å²) in [5.41, 5.74) is 0.604. The lowest BCUT2D eigenvalue weighted by atomic mass is 9.97. The van der Waals surface area contributed by atoms with E-state index in [1.165, 1.54) is 19.2 Å². The van der Waals surface area contributed by atoms with E-state index < -0.39 is 18.0 Å². The van der Waals surface area contributed by atoms with Crippen molar-refractivity contribution in [2.75, 3.05) is 13.7 Å². The summed E-state index contributed by atoms with van der Waals surface area (Å²) in [6.07, 6.45) is 1.17. The molecule has 0 heterocycles. The number of aliphatic hydroxyl groups is 1. The summed E-state index contributed by atoms with van der Waals surface area (Å²) in [6, 6.07) is 3.87. The molecule has 0 saturated carbocycles. The Morgan fingerprint density at radius 3 is 2.55 bits per heavy atom. The van der Waals surface area contributed by atoms with Gasteiger partial charge in [0.15, 0.2) is 0 Å². The number of methoxy groups -OCH3 is 1. The Kier molecular flexibility index (Phi) is 7.66. The maximum atomic E-state index is 13.3. The van der Waals surface area contributed by atoms with Crippen LogP contribution < -0.4 is 15.4 Å². The zero-order valence-electron chi connectivity index (χ0n) is 13.4. The van der Waals surface area contributed by atoms with Gasteiger partial charge < -0.3 is 20.5 Å². The standard InChI is InChI=1S/C16H25FN2O3/c1-4-12(5-2)15(20)10-19-16(21)18-9-11-6-13(17)8-14(7-11)22-3/h6-8,12,15,20H,4-5,9-10H2,1-3H3,(H2,18,19,21). The van der Waals surface area contributed by atoms with Crippen LogP contribution in [0.2, 0.25) is 0 Å². The lowest BCUT2D eigenvalue weighted by Crippen LogP contribution is -2.41. The molecule has 1 unspecified atom stereocenters. The third-order valence-corrected chi connectivity index (χ3v) is 3.68. The Morgan fingerprint density at radius 1 is 1.27 bits per heavy atom. The Balaban J connectivity index is 2.41. The van der Waals surface area contributed by atoms with Gasteiger partial charge in [0, 0.05) is 19.2 Å². The minimum absolute atomic E-state index is 0.174. The van der Waals surface area contributed by atoms with E-state index in [0.29, 0.717) is 11.3 Å². The van der Waals surface area contributed by atoms with Crippen LogP contribution in [0.3, 0.4) is 0 Å². The molecule has 0 spiro atoms. The Morgan fingerprint density at radius 2 is 1.95 bits per heavy atom. The Bertz CT molecular complexity index is 478. The molecule has 1 aromatic rings. The van der Waals surface area contributed by atoms with Gasteiger partial charge in [-0.3, -0.25) is 0 Å². The van der Waals surface area contributed by atoms with E-state index >= 15 is 0 Å². The van der Waals surface area contributed by atoms with E-state index in [4.69, 9.17) is 4.74 Å². The van der Waals surface area contributed by atoms with Crippen LogP contribution in [-0.4, -0.2) is 30.9 Å². The van der Waals surface area contributed by atoms with E-state index in [-0.39, 0.29) is 19.0 Å². The van der Waals surface area contributed by atoms with Crippen LogP contribution in [0.4, 0.5) is 9.18 Å². The molecular formula is C16H25FN2O3. The largest absolute Gasteiger partial charge is 0.497 e. The molecule has 0 saturated heterocycles. The van der Waals surface area contributed by atoms with Crippen LogP contribution in [0, 0.1) is 11.7 Å². The monoisotopic (exact) mass is 312 g/mol. The van der Waals surface area contributed by atoms with Crippen molar-refractivity contribution in [1.82, 2.24) is 10.6 Å². The molecule has 0 aliphatic carbocycles. The zero-order valence-corrected chi connectivity index (χ0v) is 13.4. The smallest absolute Gasteiger partial charge is 0.315 e. The number of urea groups is 1. The molecule has 1 atom stereocenters. The van der Waals surface area contributed by atoms with Crippen molar-refractivity contribution < 1.29 is 19.0 Å². The molecule has 5 nitrogen and oxygen atoms in total. The fraction of sp³-hybridized carbons (Fsp3) is 0.562. The van der Waals surface area contributed by atoms with E-state index in [9.17, 15) is 14.3 Å². The van der Waals surface area contributed by atoms with Crippen LogP contribution >= 0.6 is 0 Å². The molecule has 22 heavy (non-hydrogen) atoms. The van der Waals surface area contributed by atoms with E-state index in [1.54, 1.807) is 6.07 Å². The predicted octanol–water partition coefficient (Wildman–Crippen LogP) is 2.43. The molecule has 0 fully saturated rings. The van der Waals surface area contributed by atoms with Gasteiger partial charge in [0.2, 0.25) is 0 Å². The summed E-state index contributed by atoms with van der Waals surface area (Å²) in [7, 11) is 1.46. The molecule has 2 amide bonds. The predicted molar refractivity (Wildman–Crippen MR) is 83.3 cm³/mol. The molecule has 3 N–H and O–H groups in total. The fourth-order valence-electron chi connectivity index (χ4n) is 2.28. The maximum absolute atomic E-state index is 13.3. The number of aliphatic hydroxyl groups excluding tert-OH is 1. The number of halogens is 1. The van der Waals surface area contributed by atoms with E-state index in [2.05, 4.69) is 10.6 Å². The summed E-state index contributed by atoms with van der Waals surface area (Å²) >= 11 is 0. The number of benzene rings is 1. The fourth-order valence-corrected chi connectivity index (χ4v) is 2.28. The van der Waals surface area contributed by atoms with Crippen molar-refractivity contribution in [3.8, 4) is 5.75 Å².